The Morgan fingerprint density at radius 2 is 1.95 bits per heavy atom. The molecule has 0 amide bonds. The quantitative estimate of drug-likeness (QED) is 0.791. The summed E-state index contributed by atoms with van der Waals surface area (Å²) in [6, 6.07) is 15.2. The Kier molecular flexibility index (Phi) is 3.21. The van der Waals surface area contributed by atoms with Gasteiger partial charge in [-0.2, -0.15) is 0 Å². The molecule has 0 atom stereocenters. The molecule has 2 aromatic heterocycles. The van der Waals surface area contributed by atoms with Crippen LogP contribution in [0, 0.1) is 6.92 Å². The molecule has 100 valence electrons. The SMILES string of the molecule is Cc1ccc(-n2[nH]c(Cc3ccccn3)cc2=O)cc1. The minimum Gasteiger partial charge on any atom is -0.295 e. The monoisotopic (exact) mass is 265 g/mol. The summed E-state index contributed by atoms with van der Waals surface area (Å²) in [7, 11) is 0. The van der Waals surface area contributed by atoms with E-state index >= 15 is 0 Å². The molecule has 0 radical (unpaired) electrons. The van der Waals surface area contributed by atoms with Crippen molar-refractivity contribution in [3.63, 3.8) is 0 Å². The Labute approximate surface area is 116 Å². The Morgan fingerprint density at radius 3 is 2.65 bits per heavy atom. The molecule has 0 unspecified atom stereocenters. The van der Waals surface area contributed by atoms with Gasteiger partial charge in [0.1, 0.15) is 0 Å². The van der Waals surface area contributed by atoms with E-state index in [-0.39, 0.29) is 5.56 Å². The van der Waals surface area contributed by atoms with Gasteiger partial charge < -0.3 is 0 Å². The highest BCUT2D eigenvalue weighted by atomic mass is 16.1. The van der Waals surface area contributed by atoms with Crippen LogP contribution in [0.4, 0.5) is 0 Å². The van der Waals surface area contributed by atoms with Crippen LogP contribution in [0.1, 0.15) is 17.0 Å². The van der Waals surface area contributed by atoms with Crippen LogP contribution in [0.2, 0.25) is 0 Å². The molecule has 3 rings (SSSR count). The highest BCUT2D eigenvalue weighted by Gasteiger charge is 2.06. The van der Waals surface area contributed by atoms with Crippen molar-refractivity contribution < 1.29 is 0 Å². The molecule has 4 heteroatoms. The van der Waals surface area contributed by atoms with E-state index in [0.717, 1.165) is 17.1 Å². The number of H-pyrrole nitrogens is 1. The highest BCUT2D eigenvalue weighted by molar-refractivity contribution is 5.34. The molecule has 4 nitrogen and oxygen atoms in total. The molecule has 0 spiro atoms. The van der Waals surface area contributed by atoms with Crippen LogP contribution < -0.4 is 5.56 Å². The van der Waals surface area contributed by atoms with Gasteiger partial charge in [0.05, 0.1) is 5.69 Å². The van der Waals surface area contributed by atoms with Crippen LogP contribution in [0.3, 0.4) is 0 Å². The van der Waals surface area contributed by atoms with Gasteiger partial charge in [-0.1, -0.05) is 23.8 Å². The second kappa shape index (κ2) is 5.17. The van der Waals surface area contributed by atoms with Gasteiger partial charge in [0.2, 0.25) is 0 Å². The second-order valence-corrected chi connectivity index (χ2v) is 4.79. The lowest BCUT2D eigenvalue weighted by atomic mass is 10.2. The number of hydrogen-bond acceptors (Lipinski definition) is 2. The number of aryl methyl sites for hydroxylation is 1. The lowest BCUT2D eigenvalue weighted by Crippen LogP contribution is -2.13. The third kappa shape index (κ3) is 2.54. The van der Waals surface area contributed by atoms with Crippen molar-refractivity contribution in [2.45, 2.75) is 13.3 Å². The van der Waals surface area contributed by atoms with E-state index in [1.165, 1.54) is 5.56 Å². The van der Waals surface area contributed by atoms with Crippen molar-refractivity contribution in [1.29, 1.82) is 0 Å². The summed E-state index contributed by atoms with van der Waals surface area (Å²) in [4.78, 5) is 16.3. The average molecular weight is 265 g/mol. The molecule has 0 aliphatic rings. The highest BCUT2D eigenvalue weighted by Crippen LogP contribution is 2.08. The lowest BCUT2D eigenvalue weighted by Gasteiger charge is -2.02. The lowest BCUT2D eigenvalue weighted by molar-refractivity contribution is 0.820. The number of aromatic amines is 1. The van der Waals surface area contributed by atoms with E-state index in [9.17, 15) is 4.79 Å². The molecule has 1 N–H and O–H groups in total. The zero-order chi connectivity index (χ0) is 13.9. The molecule has 0 aliphatic heterocycles. The zero-order valence-corrected chi connectivity index (χ0v) is 11.2. The minimum absolute atomic E-state index is 0.0558. The van der Waals surface area contributed by atoms with Crippen molar-refractivity contribution in [2.75, 3.05) is 0 Å². The topological polar surface area (TPSA) is 50.7 Å². The van der Waals surface area contributed by atoms with Crippen molar-refractivity contribution in [3.8, 4) is 5.69 Å². The molecule has 0 fully saturated rings. The van der Waals surface area contributed by atoms with Crippen molar-refractivity contribution in [2.24, 2.45) is 0 Å². The van der Waals surface area contributed by atoms with Gasteiger partial charge in [-0.3, -0.25) is 14.9 Å². The number of nitrogens with zero attached hydrogens (tertiary/aromatic N) is 2. The molecule has 3 aromatic rings. The van der Waals surface area contributed by atoms with E-state index in [0.29, 0.717) is 6.42 Å². The zero-order valence-electron chi connectivity index (χ0n) is 11.2. The Balaban J connectivity index is 1.91. The smallest absolute Gasteiger partial charge is 0.271 e. The molecular formula is C16H15N3O. The fraction of sp³-hybridized carbons (Fsp3) is 0.125. The van der Waals surface area contributed by atoms with Crippen LogP contribution in [-0.2, 0) is 6.42 Å². The van der Waals surface area contributed by atoms with Crippen molar-refractivity contribution in [1.82, 2.24) is 14.8 Å². The third-order valence-corrected chi connectivity index (χ3v) is 3.16. The number of pyridine rings is 1. The van der Waals surface area contributed by atoms with E-state index in [4.69, 9.17) is 0 Å². The number of rotatable bonds is 3. The van der Waals surface area contributed by atoms with Gasteiger partial charge in [0, 0.05) is 30.1 Å². The largest absolute Gasteiger partial charge is 0.295 e. The summed E-state index contributed by atoms with van der Waals surface area (Å²) >= 11 is 0. The summed E-state index contributed by atoms with van der Waals surface area (Å²) in [6.07, 6.45) is 2.37. The van der Waals surface area contributed by atoms with Crippen LogP contribution >= 0.6 is 0 Å². The average Bonchev–Trinajstić information content (AvgIpc) is 2.81. The first-order valence-electron chi connectivity index (χ1n) is 6.50. The maximum Gasteiger partial charge on any atom is 0.271 e. The van der Waals surface area contributed by atoms with E-state index in [2.05, 4.69) is 10.1 Å². The Hall–Kier alpha value is -2.62. The van der Waals surface area contributed by atoms with E-state index in [1.807, 2.05) is 49.4 Å². The summed E-state index contributed by atoms with van der Waals surface area (Å²) in [5.74, 6) is 0. The van der Waals surface area contributed by atoms with Gasteiger partial charge in [0.15, 0.2) is 0 Å². The standard InChI is InChI=1S/C16H15N3O/c1-12-5-7-15(8-6-12)19-16(20)11-14(18-19)10-13-4-2-3-9-17-13/h2-9,11,18H,10H2,1H3. The van der Waals surface area contributed by atoms with Gasteiger partial charge in [-0.05, 0) is 31.2 Å². The first kappa shape index (κ1) is 12.4. The van der Waals surface area contributed by atoms with Gasteiger partial charge >= 0.3 is 0 Å². The molecule has 0 aliphatic carbocycles. The summed E-state index contributed by atoms with van der Waals surface area (Å²) in [5, 5.41) is 3.13. The van der Waals surface area contributed by atoms with Crippen LogP contribution in [0.15, 0.2) is 59.5 Å². The maximum absolute atomic E-state index is 12.0. The summed E-state index contributed by atoms with van der Waals surface area (Å²) in [5.41, 5.74) is 3.74. The fourth-order valence-corrected chi connectivity index (χ4v) is 2.12. The number of hydrogen-bond donors (Lipinski definition) is 1. The second-order valence-electron chi connectivity index (χ2n) is 4.79. The van der Waals surface area contributed by atoms with Gasteiger partial charge in [-0.15, -0.1) is 0 Å². The van der Waals surface area contributed by atoms with Crippen LogP contribution in [0.25, 0.3) is 5.69 Å². The number of nitrogens with one attached hydrogen (secondary N) is 1. The predicted octanol–water partition coefficient (Wildman–Crippen LogP) is 2.46. The summed E-state index contributed by atoms with van der Waals surface area (Å²) < 4.78 is 1.55. The van der Waals surface area contributed by atoms with Crippen molar-refractivity contribution in [3.05, 3.63) is 82.0 Å². The minimum atomic E-state index is -0.0558. The molecule has 1 aromatic carbocycles. The first-order chi connectivity index (χ1) is 9.72. The van der Waals surface area contributed by atoms with E-state index in [1.54, 1.807) is 16.9 Å². The normalized spacial score (nSPS) is 10.7. The predicted molar refractivity (Wildman–Crippen MR) is 78.2 cm³/mol. The van der Waals surface area contributed by atoms with Crippen LogP contribution in [-0.4, -0.2) is 14.8 Å². The van der Waals surface area contributed by atoms with Gasteiger partial charge in [0.25, 0.3) is 5.56 Å². The van der Waals surface area contributed by atoms with E-state index < -0.39 is 0 Å². The summed E-state index contributed by atoms with van der Waals surface area (Å²) in [6.45, 7) is 2.02. The Bertz CT molecular complexity index is 754. The van der Waals surface area contributed by atoms with Crippen LogP contribution in [0.5, 0.6) is 0 Å². The Morgan fingerprint density at radius 1 is 1.15 bits per heavy atom. The molecule has 0 saturated carbocycles. The third-order valence-electron chi connectivity index (χ3n) is 3.16. The number of aromatic nitrogens is 3. The van der Waals surface area contributed by atoms with Gasteiger partial charge in [-0.25, -0.2) is 4.68 Å². The molecule has 20 heavy (non-hydrogen) atoms. The number of benzene rings is 1. The molecule has 0 saturated heterocycles. The molecule has 0 bridgehead atoms. The molecular weight excluding hydrogens is 250 g/mol. The fourth-order valence-electron chi connectivity index (χ4n) is 2.12. The van der Waals surface area contributed by atoms with Crippen molar-refractivity contribution >= 4 is 0 Å². The first-order valence-corrected chi connectivity index (χ1v) is 6.50. The maximum atomic E-state index is 12.0. The molecule has 2 heterocycles.